The average molecular weight is 272 g/mol. The second-order valence-corrected chi connectivity index (χ2v) is 6.82. The summed E-state index contributed by atoms with van der Waals surface area (Å²) in [5.74, 6) is 0.825. The summed E-state index contributed by atoms with van der Waals surface area (Å²) in [5, 5.41) is 4.59. The molecule has 2 fully saturated rings. The van der Waals surface area contributed by atoms with E-state index in [4.69, 9.17) is 11.6 Å². The number of hydrogen-bond acceptors (Lipinski definition) is 4. The highest BCUT2D eigenvalue weighted by molar-refractivity contribution is 7.15. The van der Waals surface area contributed by atoms with E-state index in [0.29, 0.717) is 0 Å². The summed E-state index contributed by atoms with van der Waals surface area (Å²) in [4.78, 5) is 6.91. The summed E-state index contributed by atoms with van der Waals surface area (Å²) in [6, 6.07) is 0.928. The predicted molar refractivity (Wildman–Crippen MR) is 71.5 cm³/mol. The number of halogens is 1. The second kappa shape index (κ2) is 5.22. The maximum atomic E-state index is 5.85. The van der Waals surface area contributed by atoms with E-state index in [1.807, 2.05) is 0 Å². The lowest BCUT2D eigenvalue weighted by Crippen LogP contribution is -2.27. The molecule has 2 heterocycles. The van der Waals surface area contributed by atoms with E-state index >= 15 is 0 Å². The third kappa shape index (κ3) is 3.19. The fourth-order valence-electron chi connectivity index (χ4n) is 2.55. The fourth-order valence-corrected chi connectivity index (χ4v) is 3.48. The Hall–Kier alpha value is -0.160. The molecule has 1 aromatic rings. The molecule has 17 heavy (non-hydrogen) atoms. The molecule has 3 rings (SSSR count). The Labute approximate surface area is 111 Å². The van der Waals surface area contributed by atoms with E-state index in [1.54, 1.807) is 17.5 Å². The maximum absolute atomic E-state index is 5.85. The molecule has 1 aliphatic heterocycles. The third-order valence-corrected chi connectivity index (χ3v) is 4.73. The van der Waals surface area contributed by atoms with E-state index in [1.165, 1.54) is 32.4 Å². The van der Waals surface area contributed by atoms with Crippen LogP contribution in [0.2, 0.25) is 4.34 Å². The Balaban J connectivity index is 1.37. The van der Waals surface area contributed by atoms with Gasteiger partial charge in [-0.2, -0.15) is 0 Å². The van der Waals surface area contributed by atoms with Crippen molar-refractivity contribution in [2.45, 2.75) is 31.8 Å². The average Bonchev–Trinajstić information content (AvgIpc) is 2.93. The van der Waals surface area contributed by atoms with Crippen molar-refractivity contribution >= 4 is 22.9 Å². The Morgan fingerprint density at radius 3 is 3.06 bits per heavy atom. The summed E-state index contributed by atoms with van der Waals surface area (Å²) in [6.07, 6.45) is 5.94. The second-order valence-electron chi connectivity index (χ2n) is 5.07. The molecule has 94 valence electrons. The van der Waals surface area contributed by atoms with Crippen LogP contribution in [0.3, 0.4) is 0 Å². The minimum atomic E-state index is 0.780. The molecule has 0 spiro atoms. The molecule has 0 bridgehead atoms. The van der Waals surface area contributed by atoms with E-state index in [2.05, 4.69) is 15.2 Å². The molecule has 0 radical (unpaired) electrons. The Bertz CT molecular complexity index is 378. The molecule has 2 aliphatic rings. The molecule has 1 saturated carbocycles. The quantitative estimate of drug-likeness (QED) is 0.891. The van der Waals surface area contributed by atoms with Crippen molar-refractivity contribution in [2.75, 3.05) is 19.6 Å². The van der Waals surface area contributed by atoms with Crippen LogP contribution in [-0.2, 0) is 6.54 Å². The van der Waals surface area contributed by atoms with Crippen molar-refractivity contribution in [1.82, 2.24) is 15.2 Å². The molecule has 3 nitrogen and oxygen atoms in total. The van der Waals surface area contributed by atoms with Crippen molar-refractivity contribution in [3.8, 4) is 0 Å². The summed E-state index contributed by atoms with van der Waals surface area (Å²) < 4.78 is 0.780. The number of likely N-dealkylation sites (tertiary alicyclic amines) is 1. The van der Waals surface area contributed by atoms with Crippen LogP contribution in [0.4, 0.5) is 0 Å². The lowest BCUT2D eigenvalue weighted by atomic mass is 10.1. The summed E-state index contributed by atoms with van der Waals surface area (Å²) in [7, 11) is 0. The lowest BCUT2D eigenvalue weighted by molar-refractivity contribution is 0.312. The van der Waals surface area contributed by atoms with Crippen molar-refractivity contribution < 1.29 is 0 Å². The molecule has 0 aromatic carbocycles. The highest BCUT2D eigenvalue weighted by atomic mass is 35.5. The van der Waals surface area contributed by atoms with E-state index < -0.39 is 0 Å². The van der Waals surface area contributed by atoms with Crippen molar-refractivity contribution in [1.29, 1.82) is 0 Å². The number of nitrogens with zero attached hydrogens (tertiary/aromatic N) is 2. The van der Waals surface area contributed by atoms with Crippen LogP contribution in [0.5, 0.6) is 0 Å². The standard InChI is InChI=1S/C12H18ClN3S/c13-11-6-15-12(17-11)7-14-5-9-3-4-16(8-9)10-1-2-10/h6,9-10,14H,1-5,7-8H2. The first kappa shape index (κ1) is 11.9. The highest BCUT2D eigenvalue weighted by Crippen LogP contribution is 2.31. The minimum absolute atomic E-state index is 0.780. The first-order valence-electron chi connectivity index (χ1n) is 6.36. The Morgan fingerprint density at radius 2 is 2.35 bits per heavy atom. The smallest absolute Gasteiger partial charge is 0.113 e. The van der Waals surface area contributed by atoms with E-state index in [9.17, 15) is 0 Å². The van der Waals surface area contributed by atoms with Crippen molar-refractivity contribution in [2.24, 2.45) is 5.92 Å². The summed E-state index contributed by atoms with van der Waals surface area (Å²) in [6.45, 7) is 4.56. The summed E-state index contributed by atoms with van der Waals surface area (Å²) in [5.41, 5.74) is 0. The summed E-state index contributed by atoms with van der Waals surface area (Å²) >= 11 is 7.42. The van der Waals surface area contributed by atoms with Gasteiger partial charge >= 0.3 is 0 Å². The van der Waals surface area contributed by atoms with Gasteiger partial charge in [0.25, 0.3) is 0 Å². The van der Waals surface area contributed by atoms with Crippen LogP contribution in [0.25, 0.3) is 0 Å². The van der Waals surface area contributed by atoms with Gasteiger partial charge < -0.3 is 10.2 Å². The molecule has 1 aromatic heterocycles. The third-order valence-electron chi connectivity index (χ3n) is 3.62. The zero-order valence-electron chi connectivity index (χ0n) is 9.86. The van der Waals surface area contributed by atoms with Gasteiger partial charge in [-0.05, 0) is 38.3 Å². The van der Waals surface area contributed by atoms with Crippen LogP contribution in [0, 0.1) is 5.92 Å². The zero-order valence-corrected chi connectivity index (χ0v) is 11.4. The molecule has 1 N–H and O–H groups in total. The van der Waals surface area contributed by atoms with Crippen LogP contribution in [-0.4, -0.2) is 35.6 Å². The lowest BCUT2D eigenvalue weighted by Gasteiger charge is -2.14. The van der Waals surface area contributed by atoms with Gasteiger partial charge in [0.2, 0.25) is 0 Å². The number of aromatic nitrogens is 1. The molecule has 5 heteroatoms. The molecular weight excluding hydrogens is 254 g/mol. The number of hydrogen-bond donors (Lipinski definition) is 1. The van der Waals surface area contributed by atoms with Crippen LogP contribution in [0.15, 0.2) is 6.20 Å². The molecule has 1 atom stereocenters. The molecule has 0 amide bonds. The van der Waals surface area contributed by atoms with Gasteiger partial charge in [0.1, 0.15) is 9.34 Å². The van der Waals surface area contributed by atoms with Crippen molar-refractivity contribution in [3.63, 3.8) is 0 Å². The largest absolute Gasteiger partial charge is 0.310 e. The van der Waals surface area contributed by atoms with Gasteiger partial charge in [-0.15, -0.1) is 11.3 Å². The van der Waals surface area contributed by atoms with Gasteiger partial charge in [0.15, 0.2) is 0 Å². The highest BCUT2D eigenvalue weighted by Gasteiger charge is 2.33. The van der Waals surface area contributed by atoms with Crippen LogP contribution < -0.4 is 5.32 Å². The van der Waals surface area contributed by atoms with Gasteiger partial charge in [-0.3, -0.25) is 0 Å². The van der Waals surface area contributed by atoms with Gasteiger partial charge in [0, 0.05) is 19.1 Å². The fraction of sp³-hybridized carbons (Fsp3) is 0.750. The first-order valence-corrected chi connectivity index (χ1v) is 7.55. The SMILES string of the molecule is Clc1cnc(CNCC2CCN(C3CC3)C2)s1. The molecule has 1 saturated heterocycles. The monoisotopic (exact) mass is 271 g/mol. The molecule has 1 aliphatic carbocycles. The maximum Gasteiger partial charge on any atom is 0.113 e. The van der Waals surface area contributed by atoms with Crippen molar-refractivity contribution in [3.05, 3.63) is 15.5 Å². The Morgan fingerprint density at radius 1 is 1.47 bits per heavy atom. The zero-order chi connectivity index (χ0) is 11.7. The number of rotatable bonds is 5. The molecule has 1 unspecified atom stereocenters. The predicted octanol–water partition coefficient (Wildman–Crippen LogP) is 2.37. The van der Waals surface area contributed by atoms with Gasteiger partial charge in [0.05, 0.1) is 6.20 Å². The van der Waals surface area contributed by atoms with E-state index in [0.717, 1.165) is 34.4 Å². The number of nitrogens with one attached hydrogen (secondary N) is 1. The van der Waals surface area contributed by atoms with Crippen LogP contribution >= 0.6 is 22.9 Å². The number of thiazole rings is 1. The normalized spacial score (nSPS) is 25.6. The minimum Gasteiger partial charge on any atom is -0.310 e. The van der Waals surface area contributed by atoms with Crippen LogP contribution in [0.1, 0.15) is 24.3 Å². The Kier molecular flexibility index (Phi) is 3.66. The topological polar surface area (TPSA) is 28.2 Å². The van der Waals surface area contributed by atoms with Gasteiger partial charge in [-0.25, -0.2) is 4.98 Å². The molecular formula is C12H18ClN3S. The van der Waals surface area contributed by atoms with Gasteiger partial charge in [-0.1, -0.05) is 11.6 Å². The van der Waals surface area contributed by atoms with E-state index in [-0.39, 0.29) is 0 Å². The first-order chi connectivity index (χ1) is 8.31.